The van der Waals surface area contributed by atoms with Crippen molar-refractivity contribution in [3.05, 3.63) is 89.7 Å². The Labute approximate surface area is 270 Å². The monoisotopic (exact) mass is 653 g/mol. The summed E-state index contributed by atoms with van der Waals surface area (Å²) in [7, 11) is 1.56. The van der Waals surface area contributed by atoms with Crippen molar-refractivity contribution < 1.29 is 43.3 Å². The van der Waals surface area contributed by atoms with Gasteiger partial charge in [-0.1, -0.05) is 38.1 Å². The molecule has 4 N–H and O–H groups in total. The molecule has 13 heteroatoms. The number of halogens is 1. The molecule has 3 aromatic carbocycles. The molecular weight excluding hydrogens is 617 g/mol. The van der Waals surface area contributed by atoms with E-state index in [4.69, 9.17) is 9.47 Å². The number of aliphatic hydroxyl groups is 1. The summed E-state index contributed by atoms with van der Waals surface area (Å²) in [5.74, 6) is -2.00. The molecule has 3 amide bonds. The van der Waals surface area contributed by atoms with Crippen molar-refractivity contribution in [1.29, 1.82) is 0 Å². The van der Waals surface area contributed by atoms with Crippen molar-refractivity contribution in [2.45, 2.75) is 37.3 Å². The van der Waals surface area contributed by atoms with Crippen LogP contribution in [0.2, 0.25) is 0 Å². The van der Waals surface area contributed by atoms with Gasteiger partial charge in [0.05, 0.1) is 25.8 Å². The molecule has 1 aliphatic heterocycles. The topological polar surface area (TPSA) is 154 Å². The second-order valence-corrected chi connectivity index (χ2v) is 12.1. The van der Waals surface area contributed by atoms with Crippen LogP contribution in [0.1, 0.15) is 37.1 Å². The van der Waals surface area contributed by atoms with Gasteiger partial charge >= 0.3 is 5.97 Å². The van der Waals surface area contributed by atoms with Gasteiger partial charge in [-0.25, -0.2) is 9.18 Å². The van der Waals surface area contributed by atoms with Crippen LogP contribution in [0.4, 0.5) is 10.1 Å². The molecule has 0 bridgehead atoms. The maximum atomic E-state index is 13.6. The second kappa shape index (κ2) is 15.6. The Balaban J connectivity index is 1.37. The maximum absolute atomic E-state index is 13.6. The van der Waals surface area contributed by atoms with Crippen LogP contribution < -0.4 is 25.0 Å². The van der Waals surface area contributed by atoms with Crippen LogP contribution in [0.5, 0.6) is 11.5 Å². The van der Waals surface area contributed by atoms with Crippen molar-refractivity contribution in [3.63, 3.8) is 0 Å². The van der Waals surface area contributed by atoms with Crippen molar-refractivity contribution >= 4 is 41.1 Å². The van der Waals surface area contributed by atoms with Crippen LogP contribution in [0.3, 0.4) is 0 Å². The first kappa shape index (κ1) is 34.3. The van der Waals surface area contributed by atoms with E-state index in [0.29, 0.717) is 22.7 Å². The fraction of sp³-hybridized carbons (Fsp3) is 0.333. The first-order valence-corrected chi connectivity index (χ1v) is 15.6. The highest BCUT2D eigenvalue weighted by Crippen LogP contribution is 2.46. The number of thioether (sulfide) groups is 1. The van der Waals surface area contributed by atoms with Gasteiger partial charge in [-0.05, 0) is 65.6 Å². The maximum Gasteiger partial charge on any atom is 0.326 e. The lowest BCUT2D eigenvalue weighted by Crippen LogP contribution is -2.57. The van der Waals surface area contributed by atoms with Gasteiger partial charge in [0.1, 0.15) is 28.6 Å². The predicted molar refractivity (Wildman–Crippen MR) is 170 cm³/mol. The van der Waals surface area contributed by atoms with E-state index in [2.05, 4.69) is 10.6 Å². The number of carboxylic acids is 1. The van der Waals surface area contributed by atoms with Crippen LogP contribution >= 0.6 is 11.8 Å². The van der Waals surface area contributed by atoms with E-state index in [1.54, 1.807) is 74.4 Å². The standard InChI is InChI=1S/C33H36FN3O8S/c1-19(2)29(33(42)43)36-27(39)16-35-28(40)17-45-25-14-6-21(7-15-25)30-31(32(41)37(30)23-10-8-22(34)9-11-23)46-18-26(38)20-4-12-24(44-3)13-5-20/h4-15,19,26,29-31,38H,16-18H2,1-3H3,(H,35,40)(H,36,39)(H,42,43)/t26?,29-,30-,31-/m1/s1. The Bertz CT molecular complexity index is 1520. The summed E-state index contributed by atoms with van der Waals surface area (Å²) in [6.45, 7) is 2.53. The largest absolute Gasteiger partial charge is 0.497 e. The molecule has 0 spiro atoms. The van der Waals surface area contributed by atoms with Gasteiger partial charge in [0, 0.05) is 11.4 Å². The van der Waals surface area contributed by atoms with E-state index < -0.39 is 53.6 Å². The Hall–Kier alpha value is -4.62. The smallest absolute Gasteiger partial charge is 0.326 e. The summed E-state index contributed by atoms with van der Waals surface area (Å²) in [4.78, 5) is 50.5. The first-order valence-electron chi connectivity index (χ1n) is 14.5. The molecule has 1 saturated heterocycles. The molecule has 1 unspecified atom stereocenters. The Morgan fingerprint density at radius 2 is 1.59 bits per heavy atom. The number of anilines is 1. The number of carbonyl (C=O) groups is 4. The van der Waals surface area contributed by atoms with E-state index in [0.717, 1.165) is 5.56 Å². The van der Waals surface area contributed by atoms with Gasteiger partial charge < -0.3 is 35.2 Å². The van der Waals surface area contributed by atoms with Crippen LogP contribution in [-0.2, 0) is 19.2 Å². The summed E-state index contributed by atoms with van der Waals surface area (Å²) < 4.78 is 24.4. The van der Waals surface area contributed by atoms with Gasteiger partial charge in [0.15, 0.2) is 6.61 Å². The molecule has 0 radical (unpaired) electrons. The number of nitrogens with zero attached hydrogens (tertiary/aromatic N) is 1. The lowest BCUT2D eigenvalue weighted by molar-refractivity contribution is -0.143. The third kappa shape index (κ3) is 8.55. The van der Waals surface area contributed by atoms with E-state index in [1.807, 2.05) is 0 Å². The third-order valence-electron chi connectivity index (χ3n) is 7.37. The van der Waals surface area contributed by atoms with E-state index in [-0.39, 0.29) is 24.2 Å². The number of amides is 3. The molecule has 0 saturated carbocycles. The molecule has 244 valence electrons. The van der Waals surface area contributed by atoms with Crippen LogP contribution in [-0.4, -0.2) is 71.2 Å². The number of carbonyl (C=O) groups excluding carboxylic acids is 3. The quantitative estimate of drug-likeness (QED) is 0.181. The fourth-order valence-corrected chi connectivity index (χ4v) is 6.13. The highest BCUT2D eigenvalue weighted by Gasteiger charge is 2.49. The Morgan fingerprint density at radius 1 is 0.957 bits per heavy atom. The molecule has 1 heterocycles. The fourth-order valence-electron chi connectivity index (χ4n) is 4.83. The highest BCUT2D eigenvalue weighted by atomic mass is 32.2. The number of methoxy groups -OCH3 is 1. The number of hydrogen-bond acceptors (Lipinski definition) is 8. The van der Waals surface area contributed by atoms with Crippen molar-refractivity contribution in [1.82, 2.24) is 10.6 Å². The molecule has 46 heavy (non-hydrogen) atoms. The molecule has 4 rings (SSSR count). The van der Waals surface area contributed by atoms with Crippen molar-refractivity contribution in [3.8, 4) is 11.5 Å². The van der Waals surface area contributed by atoms with Gasteiger partial charge in [0.2, 0.25) is 11.8 Å². The summed E-state index contributed by atoms with van der Waals surface area (Å²) in [5, 5.41) is 24.2. The number of nitrogens with one attached hydrogen (secondary N) is 2. The zero-order chi connectivity index (χ0) is 33.4. The van der Waals surface area contributed by atoms with Crippen molar-refractivity contribution in [2.24, 2.45) is 5.92 Å². The van der Waals surface area contributed by atoms with Gasteiger partial charge in [-0.2, -0.15) is 0 Å². The normalized spacial score (nSPS) is 17.1. The lowest BCUT2D eigenvalue weighted by Gasteiger charge is -2.47. The van der Waals surface area contributed by atoms with Crippen LogP contribution in [0.25, 0.3) is 0 Å². The predicted octanol–water partition coefficient (Wildman–Crippen LogP) is 3.48. The summed E-state index contributed by atoms with van der Waals surface area (Å²) in [5.41, 5.74) is 2.00. The van der Waals surface area contributed by atoms with Gasteiger partial charge in [-0.15, -0.1) is 11.8 Å². The lowest BCUT2D eigenvalue weighted by atomic mass is 9.92. The third-order valence-corrected chi connectivity index (χ3v) is 8.70. The molecule has 1 aliphatic rings. The summed E-state index contributed by atoms with van der Waals surface area (Å²) >= 11 is 1.33. The summed E-state index contributed by atoms with van der Waals surface area (Å²) in [6.07, 6.45) is -0.814. The van der Waals surface area contributed by atoms with Crippen LogP contribution in [0, 0.1) is 11.7 Å². The average Bonchev–Trinajstić information content (AvgIpc) is 3.05. The molecule has 11 nitrogen and oxygen atoms in total. The first-order chi connectivity index (χ1) is 22.0. The minimum Gasteiger partial charge on any atom is -0.497 e. The molecule has 0 aromatic heterocycles. The zero-order valence-electron chi connectivity index (χ0n) is 25.5. The minimum absolute atomic E-state index is 0.173. The highest BCUT2D eigenvalue weighted by molar-refractivity contribution is 8.00. The van der Waals surface area contributed by atoms with Crippen molar-refractivity contribution in [2.75, 3.05) is 30.9 Å². The Morgan fingerprint density at radius 3 is 2.17 bits per heavy atom. The number of rotatable bonds is 15. The number of aliphatic hydroxyl groups excluding tert-OH is 1. The molecule has 4 atom stereocenters. The number of aliphatic carboxylic acids is 1. The van der Waals surface area contributed by atoms with Gasteiger partial charge in [0.25, 0.3) is 5.91 Å². The number of β-lactam (4-membered cyclic amide) rings is 1. The second-order valence-electron chi connectivity index (χ2n) is 10.9. The summed E-state index contributed by atoms with van der Waals surface area (Å²) in [6, 6.07) is 18.0. The van der Waals surface area contributed by atoms with E-state index >= 15 is 0 Å². The van der Waals surface area contributed by atoms with E-state index in [1.165, 1.54) is 36.0 Å². The van der Waals surface area contributed by atoms with E-state index in [9.17, 15) is 33.8 Å². The molecule has 1 fully saturated rings. The van der Waals surface area contributed by atoms with Crippen LogP contribution in [0.15, 0.2) is 72.8 Å². The zero-order valence-corrected chi connectivity index (χ0v) is 26.3. The Kier molecular flexibility index (Phi) is 11.6. The average molecular weight is 654 g/mol. The molecule has 3 aromatic rings. The number of ether oxygens (including phenoxy) is 2. The molecule has 0 aliphatic carbocycles. The van der Waals surface area contributed by atoms with Gasteiger partial charge in [-0.3, -0.25) is 14.4 Å². The molecular formula is C33H36FN3O8S. The number of benzene rings is 3. The SMILES string of the molecule is COc1ccc(C(O)CS[C@H]2C(=O)N(c3ccc(F)cc3)[C@@H]2c2ccc(OCC(=O)NCC(=O)N[C@@H](C(=O)O)C(C)C)cc2)cc1. The minimum atomic E-state index is -1.16. The number of carboxylic acid groups (broad SMARTS) is 1. The number of hydrogen-bond donors (Lipinski definition) is 4.